The van der Waals surface area contributed by atoms with Gasteiger partial charge in [-0.1, -0.05) is 78.3 Å². The number of carbonyl (C=O) groups excluding carboxylic acids is 9. The summed E-state index contributed by atoms with van der Waals surface area (Å²) in [6, 6.07) is -3.96. The van der Waals surface area contributed by atoms with Crippen molar-refractivity contribution >= 4 is 82.8 Å². The highest BCUT2D eigenvalue weighted by molar-refractivity contribution is 7.98. The first-order valence-electron chi connectivity index (χ1n) is 25.2. The lowest BCUT2D eigenvalue weighted by atomic mass is 9.99. The molecule has 30 heteroatoms. The minimum atomic E-state index is -5.08. The van der Waals surface area contributed by atoms with E-state index in [1.165, 1.54) is 16.7 Å². The van der Waals surface area contributed by atoms with Crippen LogP contribution in [-0.4, -0.2) is 182 Å². The molecule has 1 fully saturated rings. The summed E-state index contributed by atoms with van der Waals surface area (Å²) in [4.78, 5) is 156. The Bertz CT molecular complexity index is 2280. The lowest BCUT2D eigenvalue weighted by Gasteiger charge is -2.32. The first-order valence-corrected chi connectivity index (χ1v) is 26.6. The molecule has 1 aromatic carbocycles. The Morgan fingerprint density at radius 2 is 1.18 bits per heavy atom. The molecule has 0 aromatic heterocycles. The summed E-state index contributed by atoms with van der Waals surface area (Å²) in [5, 5.41) is 53.7. The fraction of sp³-hybridized carbons (Fsp3) is 0.633. The zero-order chi connectivity index (χ0) is 60.5. The van der Waals surface area contributed by atoms with Crippen molar-refractivity contribution in [3.8, 4) is 0 Å². The molecule has 15 N–H and O–H groups in total. The Morgan fingerprint density at radius 3 is 1.67 bits per heavy atom. The third-order valence-electron chi connectivity index (χ3n) is 12.4. The van der Waals surface area contributed by atoms with Crippen molar-refractivity contribution < 1.29 is 91.1 Å². The summed E-state index contributed by atoms with van der Waals surface area (Å²) in [7, 11) is 0. The van der Waals surface area contributed by atoms with E-state index in [0.717, 1.165) is 0 Å². The van der Waals surface area contributed by atoms with Crippen LogP contribution in [0, 0.1) is 17.8 Å². The lowest BCUT2D eigenvalue weighted by Crippen LogP contribution is -2.61. The Balaban J connectivity index is 0.00000415. The summed E-state index contributed by atoms with van der Waals surface area (Å²) in [6.07, 6.45) is -4.14. The van der Waals surface area contributed by atoms with Crippen molar-refractivity contribution in [1.29, 1.82) is 0 Å². The molecule has 1 aromatic rings. The van der Waals surface area contributed by atoms with E-state index in [1.807, 2.05) is 6.92 Å². The highest BCUT2D eigenvalue weighted by Crippen LogP contribution is 2.22. The van der Waals surface area contributed by atoms with Crippen molar-refractivity contribution in [2.24, 2.45) is 29.2 Å². The van der Waals surface area contributed by atoms with E-state index < -0.39 is 169 Å². The van der Waals surface area contributed by atoms with Crippen LogP contribution in [0.5, 0.6) is 0 Å². The molecular weight excluding hydrogens is 1070 g/mol. The van der Waals surface area contributed by atoms with Gasteiger partial charge in [0.15, 0.2) is 0 Å². The maximum absolute atomic E-state index is 14.4. The number of nitrogens with zero attached hydrogens (tertiary/aromatic N) is 1. The van der Waals surface area contributed by atoms with E-state index in [4.69, 9.17) is 21.4 Å². The van der Waals surface area contributed by atoms with Crippen molar-refractivity contribution in [3.63, 3.8) is 0 Å². The quantitative estimate of drug-likeness (QED) is 0.0402. The molecule has 2 rings (SSSR count). The smallest absolute Gasteiger partial charge is 0.481 e. The molecule has 444 valence electrons. The summed E-state index contributed by atoms with van der Waals surface area (Å²) >= 11 is 1.36. The number of aliphatic carboxylic acids is 3. The second-order valence-electron chi connectivity index (χ2n) is 19.3. The minimum absolute atomic E-state index is 0.0409. The Morgan fingerprint density at radius 1 is 0.696 bits per heavy atom. The van der Waals surface area contributed by atoms with E-state index in [-0.39, 0.29) is 31.7 Å². The largest absolute Gasteiger partial charge is 0.490 e. The number of hydrogen-bond donors (Lipinski definition) is 13. The molecule has 1 aliphatic rings. The van der Waals surface area contributed by atoms with E-state index >= 15 is 0 Å². The summed E-state index contributed by atoms with van der Waals surface area (Å²) < 4.78 is 31.7. The van der Waals surface area contributed by atoms with Gasteiger partial charge in [-0.05, 0) is 61.0 Å². The number of thioether (sulfide) groups is 1. The standard InChI is InChI=1S/C47H74N10O14S.C2HF3O2/c1-8-26(6)36(49)45(68)51-29(18-20-72-7)39(62)52-31(22-35(60)61)42(65)50-28(16-17-34(48)59)40(63)55-37(24(2)3)46(69)57-19-12-15-33(57)44(67)53-30(21-27-13-10-9-11-14-27)41(64)54-32(23-58)43(66)56-38(25(4)5)47(70)71;3-2(4,5)1(6)7/h9-11,13-14,24-26,28-33,36-38,58H,8,12,15-23,49H2,1-7H3,(H2,48,59)(H,50,65)(H,51,68)(H,52,62)(H,53,67)(H,54,64)(H,55,63)(H,56,66)(H,60,61)(H,70,71);(H,6,7). The zero-order valence-corrected chi connectivity index (χ0v) is 45.7. The Hall–Kier alpha value is -7.08. The van der Waals surface area contributed by atoms with Crippen LogP contribution in [0.15, 0.2) is 30.3 Å². The minimum Gasteiger partial charge on any atom is -0.481 e. The number of hydrogen-bond acceptors (Lipinski definition) is 15. The second-order valence-corrected chi connectivity index (χ2v) is 20.3. The number of carboxylic acids is 3. The van der Waals surface area contributed by atoms with Gasteiger partial charge in [0.2, 0.25) is 53.2 Å². The number of likely N-dealkylation sites (tertiary alicyclic amines) is 1. The van der Waals surface area contributed by atoms with Crippen LogP contribution < -0.4 is 48.7 Å². The maximum atomic E-state index is 14.4. The number of nitrogens with one attached hydrogen (secondary N) is 7. The Kier molecular flexibility index (Phi) is 30.1. The number of carboxylic acid groups (broad SMARTS) is 3. The predicted molar refractivity (Wildman–Crippen MR) is 278 cm³/mol. The van der Waals surface area contributed by atoms with Crippen LogP contribution in [0.25, 0.3) is 0 Å². The van der Waals surface area contributed by atoms with E-state index in [2.05, 4.69) is 37.2 Å². The van der Waals surface area contributed by atoms with Gasteiger partial charge in [-0.3, -0.25) is 47.9 Å². The van der Waals surface area contributed by atoms with Crippen LogP contribution in [0.3, 0.4) is 0 Å². The van der Waals surface area contributed by atoms with Gasteiger partial charge in [-0.15, -0.1) is 0 Å². The molecule has 10 unspecified atom stereocenters. The topological polar surface area (TPSA) is 425 Å². The van der Waals surface area contributed by atoms with E-state index in [1.54, 1.807) is 71.2 Å². The molecule has 0 radical (unpaired) electrons. The van der Waals surface area contributed by atoms with Crippen molar-refractivity contribution in [2.45, 2.75) is 153 Å². The van der Waals surface area contributed by atoms with Crippen LogP contribution in [-0.2, 0) is 64.0 Å². The number of carbonyl (C=O) groups is 12. The normalized spacial score (nSPS) is 16.6. The molecule has 1 heterocycles. The third-order valence-corrected chi connectivity index (χ3v) is 13.0. The summed E-state index contributed by atoms with van der Waals surface area (Å²) in [5.74, 6) is -14.6. The number of rotatable bonds is 31. The molecule has 1 aliphatic heterocycles. The number of primary amides is 1. The number of aliphatic hydroxyl groups excluding tert-OH is 1. The molecule has 0 bridgehead atoms. The van der Waals surface area contributed by atoms with Gasteiger partial charge in [-0.2, -0.15) is 24.9 Å². The first kappa shape index (κ1) is 69.9. The number of aliphatic hydroxyl groups is 1. The molecule has 10 atom stereocenters. The molecule has 1 saturated heterocycles. The highest BCUT2D eigenvalue weighted by Gasteiger charge is 2.42. The fourth-order valence-corrected chi connectivity index (χ4v) is 8.05. The molecule has 0 spiro atoms. The van der Waals surface area contributed by atoms with Crippen molar-refractivity contribution in [1.82, 2.24) is 42.1 Å². The highest BCUT2D eigenvalue weighted by atomic mass is 32.2. The van der Waals surface area contributed by atoms with Crippen LogP contribution in [0.1, 0.15) is 92.1 Å². The number of halogens is 3. The van der Waals surface area contributed by atoms with Crippen LogP contribution in [0.4, 0.5) is 13.2 Å². The van der Waals surface area contributed by atoms with Gasteiger partial charge in [0.1, 0.15) is 48.3 Å². The van der Waals surface area contributed by atoms with Crippen LogP contribution >= 0.6 is 11.8 Å². The van der Waals surface area contributed by atoms with Gasteiger partial charge in [-0.25, -0.2) is 9.59 Å². The number of benzene rings is 1. The molecule has 79 heavy (non-hydrogen) atoms. The zero-order valence-electron chi connectivity index (χ0n) is 44.9. The van der Waals surface area contributed by atoms with E-state index in [9.17, 15) is 81.2 Å². The van der Waals surface area contributed by atoms with Crippen molar-refractivity contribution in [3.05, 3.63) is 35.9 Å². The SMILES string of the molecule is CCC(C)C(N)C(=O)NC(CCSC)C(=O)NC(CC(=O)O)C(=O)NC(CCC(N)=O)C(=O)NC(C(=O)N1CCCC1C(=O)NC(Cc1ccccc1)C(=O)NC(CO)C(=O)NC(C(=O)O)C(C)C)C(C)C.O=C(O)C(F)(F)F. The third kappa shape index (κ3) is 24.2. The molecular formula is C49H75F3N10O16S. The maximum Gasteiger partial charge on any atom is 0.490 e. The van der Waals surface area contributed by atoms with Gasteiger partial charge < -0.3 is 74.0 Å². The van der Waals surface area contributed by atoms with Crippen molar-refractivity contribution in [2.75, 3.05) is 25.2 Å². The van der Waals surface area contributed by atoms with Crippen LogP contribution in [0.2, 0.25) is 0 Å². The number of nitrogens with two attached hydrogens (primary N) is 2. The molecule has 0 saturated carbocycles. The molecule has 0 aliphatic carbocycles. The average Bonchev–Trinajstić information content (AvgIpc) is 3.88. The van der Waals surface area contributed by atoms with Gasteiger partial charge in [0, 0.05) is 19.4 Å². The van der Waals surface area contributed by atoms with Gasteiger partial charge in [0.25, 0.3) is 0 Å². The average molecular weight is 1150 g/mol. The van der Waals surface area contributed by atoms with Gasteiger partial charge in [0.05, 0.1) is 19.1 Å². The second kappa shape index (κ2) is 34.0. The predicted octanol–water partition coefficient (Wildman–Crippen LogP) is -1.50. The first-order chi connectivity index (χ1) is 36.8. The summed E-state index contributed by atoms with van der Waals surface area (Å²) in [6.45, 7) is 9.03. The fourth-order valence-electron chi connectivity index (χ4n) is 7.58. The van der Waals surface area contributed by atoms with Gasteiger partial charge >= 0.3 is 24.1 Å². The monoisotopic (exact) mass is 1150 g/mol. The van der Waals surface area contributed by atoms with E-state index in [0.29, 0.717) is 24.2 Å². The number of alkyl halides is 3. The number of amides is 9. The molecule has 26 nitrogen and oxygen atoms in total. The Labute approximate surface area is 458 Å². The molecule has 9 amide bonds. The summed E-state index contributed by atoms with van der Waals surface area (Å²) in [5.41, 5.74) is 12.1. The lowest BCUT2D eigenvalue weighted by molar-refractivity contribution is -0.192.